The minimum atomic E-state index is 0.229. The highest BCUT2D eigenvalue weighted by Crippen LogP contribution is 2.21. The highest BCUT2D eigenvalue weighted by Gasteiger charge is 2.24. The summed E-state index contributed by atoms with van der Waals surface area (Å²) in [4.78, 5) is 3.11. The van der Waals surface area contributed by atoms with Crippen molar-refractivity contribution in [3.05, 3.63) is 0 Å². The van der Waals surface area contributed by atoms with Crippen LogP contribution in [-0.4, -0.2) is 39.3 Å². The number of aliphatic hydroxyl groups excluding tert-OH is 1. The van der Waals surface area contributed by atoms with E-state index in [1.165, 1.54) is 0 Å². The molecule has 1 rings (SSSR count). The van der Waals surface area contributed by atoms with E-state index in [9.17, 15) is 0 Å². The number of aliphatic hydroxyl groups is 1. The van der Waals surface area contributed by atoms with Crippen molar-refractivity contribution >= 4 is 29.0 Å². The molecule has 2 nitrogen and oxygen atoms in total. The van der Waals surface area contributed by atoms with Crippen LogP contribution in [0, 0.1) is 0 Å². The van der Waals surface area contributed by atoms with Gasteiger partial charge in [-0.2, -0.15) is 0 Å². The molecule has 0 amide bonds. The van der Waals surface area contributed by atoms with Crippen molar-refractivity contribution in [2.24, 2.45) is 0 Å². The van der Waals surface area contributed by atoms with Crippen LogP contribution in [0.5, 0.6) is 0 Å². The molecule has 64 valence electrons. The number of nitrogens with zero attached hydrogens (tertiary/aromatic N) is 1. The van der Waals surface area contributed by atoms with Crippen LogP contribution in [0.3, 0.4) is 0 Å². The lowest BCUT2D eigenvalue weighted by atomic mass is 10.3. The molecule has 1 aliphatic heterocycles. The average Bonchev–Trinajstić information content (AvgIpc) is 2.50. The molecule has 0 aliphatic carbocycles. The van der Waals surface area contributed by atoms with Crippen LogP contribution < -0.4 is 0 Å². The fourth-order valence-corrected chi connectivity index (χ4v) is 2.63. The van der Waals surface area contributed by atoms with E-state index in [0.29, 0.717) is 0 Å². The number of hydrogen-bond donors (Lipinski definition) is 1. The van der Waals surface area contributed by atoms with Gasteiger partial charge in [-0.05, 0) is 6.42 Å². The van der Waals surface area contributed by atoms with Crippen molar-refractivity contribution in [2.45, 2.75) is 19.4 Å². The molecule has 1 unspecified atom stereocenters. The van der Waals surface area contributed by atoms with Crippen LogP contribution >= 0.6 is 24.0 Å². The first kappa shape index (κ1) is 9.29. The first-order valence-corrected chi connectivity index (χ1v) is 5.34. The van der Waals surface area contributed by atoms with E-state index in [1.807, 2.05) is 11.8 Å². The molecule has 4 heteroatoms. The first-order chi connectivity index (χ1) is 5.29. The Morgan fingerprint density at radius 2 is 2.55 bits per heavy atom. The number of thioether (sulfide) groups is 1. The number of thiocarbonyl (C=S) groups is 1. The molecule has 0 bridgehead atoms. The fraction of sp³-hybridized carbons (Fsp3) is 0.857. The second-order valence-corrected chi connectivity index (χ2v) is 4.02. The van der Waals surface area contributed by atoms with E-state index in [2.05, 4.69) is 11.8 Å². The molecule has 1 fully saturated rings. The summed E-state index contributed by atoms with van der Waals surface area (Å²) >= 11 is 7.00. The summed E-state index contributed by atoms with van der Waals surface area (Å²) < 4.78 is 0. The van der Waals surface area contributed by atoms with Crippen molar-refractivity contribution in [1.29, 1.82) is 0 Å². The Morgan fingerprint density at radius 3 is 3.09 bits per heavy atom. The van der Waals surface area contributed by atoms with Gasteiger partial charge in [-0.15, -0.1) is 11.8 Å². The van der Waals surface area contributed by atoms with E-state index in [-0.39, 0.29) is 12.6 Å². The van der Waals surface area contributed by atoms with Gasteiger partial charge >= 0.3 is 0 Å². The quantitative estimate of drug-likeness (QED) is 0.660. The Morgan fingerprint density at radius 1 is 1.82 bits per heavy atom. The van der Waals surface area contributed by atoms with Crippen molar-refractivity contribution in [2.75, 3.05) is 18.2 Å². The van der Waals surface area contributed by atoms with E-state index < -0.39 is 0 Å². The molecular weight excluding hydrogens is 178 g/mol. The third-order valence-electron chi connectivity index (χ3n) is 1.81. The Bertz CT molecular complexity index is 151. The molecule has 1 aliphatic rings. The summed E-state index contributed by atoms with van der Waals surface area (Å²) in [6, 6.07) is 0.271. The van der Waals surface area contributed by atoms with E-state index >= 15 is 0 Å². The predicted molar refractivity (Wildman–Crippen MR) is 52.9 cm³/mol. The van der Waals surface area contributed by atoms with Gasteiger partial charge in [0.25, 0.3) is 0 Å². The van der Waals surface area contributed by atoms with Gasteiger partial charge in [-0.3, -0.25) is 0 Å². The maximum atomic E-state index is 8.97. The van der Waals surface area contributed by atoms with Crippen LogP contribution in [0.1, 0.15) is 13.3 Å². The van der Waals surface area contributed by atoms with Gasteiger partial charge < -0.3 is 10.0 Å². The summed E-state index contributed by atoms with van der Waals surface area (Å²) in [7, 11) is 0. The van der Waals surface area contributed by atoms with Crippen molar-refractivity contribution in [1.82, 2.24) is 4.90 Å². The molecule has 0 aromatic carbocycles. The largest absolute Gasteiger partial charge is 0.394 e. The molecule has 0 radical (unpaired) electrons. The van der Waals surface area contributed by atoms with Crippen molar-refractivity contribution in [3.63, 3.8) is 0 Å². The summed E-state index contributed by atoms with van der Waals surface area (Å²) in [5.74, 6) is 1.97. The molecule has 0 spiro atoms. The topological polar surface area (TPSA) is 23.5 Å². The summed E-state index contributed by atoms with van der Waals surface area (Å²) in [5, 5.41) is 8.97. The zero-order valence-corrected chi connectivity index (χ0v) is 8.25. The SMILES string of the molecule is CCC(=S)N1CSCC1CO. The van der Waals surface area contributed by atoms with Gasteiger partial charge in [0.15, 0.2) is 0 Å². The molecule has 11 heavy (non-hydrogen) atoms. The van der Waals surface area contributed by atoms with E-state index in [0.717, 1.165) is 23.0 Å². The molecule has 1 atom stereocenters. The molecular formula is C7H13NOS2. The van der Waals surface area contributed by atoms with Crippen LogP contribution in [0.2, 0.25) is 0 Å². The zero-order valence-electron chi connectivity index (χ0n) is 6.62. The molecule has 1 N–H and O–H groups in total. The normalized spacial score (nSPS) is 24.2. The zero-order chi connectivity index (χ0) is 8.27. The highest BCUT2D eigenvalue weighted by atomic mass is 32.2. The minimum absolute atomic E-state index is 0.229. The lowest BCUT2D eigenvalue weighted by molar-refractivity contribution is 0.215. The Hall–Kier alpha value is 0.200. The fourth-order valence-electron chi connectivity index (χ4n) is 1.11. The van der Waals surface area contributed by atoms with Crippen LogP contribution in [-0.2, 0) is 0 Å². The van der Waals surface area contributed by atoms with Crippen LogP contribution in [0.4, 0.5) is 0 Å². The third kappa shape index (κ3) is 2.07. The summed E-state index contributed by atoms with van der Waals surface area (Å²) in [6.07, 6.45) is 0.909. The molecule has 1 saturated heterocycles. The second-order valence-electron chi connectivity index (χ2n) is 2.55. The van der Waals surface area contributed by atoms with Gasteiger partial charge in [0.2, 0.25) is 0 Å². The van der Waals surface area contributed by atoms with Gasteiger partial charge in [0.1, 0.15) is 0 Å². The number of hydrogen-bond acceptors (Lipinski definition) is 3. The monoisotopic (exact) mass is 191 g/mol. The Labute approximate surface area is 77.0 Å². The van der Waals surface area contributed by atoms with E-state index in [4.69, 9.17) is 17.3 Å². The van der Waals surface area contributed by atoms with Crippen LogP contribution in [0.25, 0.3) is 0 Å². The summed E-state index contributed by atoms with van der Waals surface area (Å²) in [6.45, 7) is 2.28. The molecule has 0 aromatic heterocycles. The second kappa shape index (κ2) is 4.28. The maximum absolute atomic E-state index is 8.97. The summed E-state index contributed by atoms with van der Waals surface area (Å²) in [5.41, 5.74) is 0. The highest BCUT2D eigenvalue weighted by molar-refractivity contribution is 7.99. The van der Waals surface area contributed by atoms with Crippen molar-refractivity contribution < 1.29 is 5.11 Å². The van der Waals surface area contributed by atoms with Gasteiger partial charge in [0, 0.05) is 5.75 Å². The first-order valence-electron chi connectivity index (χ1n) is 3.77. The standard InChI is InChI=1S/C7H13NOS2/c1-2-7(10)8-5-11-4-6(8)3-9/h6,9H,2-5H2,1H3. The molecule has 0 aromatic rings. The van der Waals surface area contributed by atoms with Gasteiger partial charge in [-0.25, -0.2) is 0 Å². The lowest BCUT2D eigenvalue weighted by Gasteiger charge is -2.23. The Balaban J connectivity index is 2.49. The van der Waals surface area contributed by atoms with Gasteiger partial charge in [0.05, 0.1) is 23.5 Å². The van der Waals surface area contributed by atoms with Gasteiger partial charge in [-0.1, -0.05) is 19.1 Å². The van der Waals surface area contributed by atoms with Crippen LogP contribution in [0.15, 0.2) is 0 Å². The lowest BCUT2D eigenvalue weighted by Crippen LogP contribution is -2.37. The predicted octanol–water partition coefficient (Wildman–Crippen LogP) is 1.09. The van der Waals surface area contributed by atoms with E-state index in [1.54, 1.807) is 0 Å². The third-order valence-corrected chi connectivity index (χ3v) is 3.42. The maximum Gasteiger partial charge on any atom is 0.0786 e. The molecule has 0 saturated carbocycles. The number of rotatable bonds is 2. The molecule has 1 heterocycles. The average molecular weight is 191 g/mol. The van der Waals surface area contributed by atoms with Crippen molar-refractivity contribution in [3.8, 4) is 0 Å². The Kier molecular flexibility index (Phi) is 3.62. The smallest absolute Gasteiger partial charge is 0.0786 e. The minimum Gasteiger partial charge on any atom is -0.394 e.